The van der Waals surface area contributed by atoms with Crippen molar-refractivity contribution in [3.63, 3.8) is 0 Å². The summed E-state index contributed by atoms with van der Waals surface area (Å²) in [6.07, 6.45) is 1.58. The van der Waals surface area contributed by atoms with E-state index in [1.54, 1.807) is 24.4 Å². The Labute approximate surface area is 95.4 Å². The predicted octanol–water partition coefficient (Wildman–Crippen LogP) is 1.85. The maximum atomic E-state index is 13.2. The molecular formula is C12H8FN3O. The van der Waals surface area contributed by atoms with Crippen molar-refractivity contribution in [1.82, 2.24) is 14.5 Å². The van der Waals surface area contributed by atoms with Crippen molar-refractivity contribution in [1.29, 1.82) is 0 Å². The van der Waals surface area contributed by atoms with Crippen LogP contribution in [0.1, 0.15) is 0 Å². The monoisotopic (exact) mass is 229 g/mol. The second-order valence-corrected chi connectivity index (χ2v) is 3.61. The Morgan fingerprint density at radius 3 is 2.88 bits per heavy atom. The number of rotatable bonds is 1. The third-order valence-electron chi connectivity index (χ3n) is 2.52. The summed E-state index contributed by atoms with van der Waals surface area (Å²) < 4.78 is 14.5. The number of pyridine rings is 1. The first kappa shape index (κ1) is 9.77. The zero-order chi connectivity index (χ0) is 11.8. The largest absolute Gasteiger partial charge is 0.332 e. The molecule has 4 nitrogen and oxygen atoms in total. The van der Waals surface area contributed by atoms with Gasteiger partial charge in [0, 0.05) is 12.3 Å². The van der Waals surface area contributed by atoms with E-state index in [4.69, 9.17) is 0 Å². The van der Waals surface area contributed by atoms with Gasteiger partial charge in [-0.05, 0) is 24.3 Å². The number of hydrogen-bond acceptors (Lipinski definition) is 2. The van der Waals surface area contributed by atoms with Gasteiger partial charge in [-0.3, -0.25) is 0 Å². The summed E-state index contributed by atoms with van der Waals surface area (Å²) in [6, 6.07) is 9.37. The number of hydrogen-bond donors (Lipinski definition) is 1. The highest BCUT2D eigenvalue weighted by molar-refractivity contribution is 5.76. The number of fused-ring (bicyclic) bond motifs is 1. The molecule has 3 aromatic rings. The molecule has 2 aromatic heterocycles. The van der Waals surface area contributed by atoms with Crippen LogP contribution in [-0.4, -0.2) is 14.5 Å². The van der Waals surface area contributed by atoms with Gasteiger partial charge in [0.2, 0.25) is 0 Å². The molecule has 0 unspecified atom stereocenters. The van der Waals surface area contributed by atoms with Crippen LogP contribution in [-0.2, 0) is 0 Å². The quantitative estimate of drug-likeness (QED) is 0.692. The number of aromatic nitrogens is 3. The molecule has 0 aliphatic rings. The maximum absolute atomic E-state index is 13.2. The molecule has 0 radical (unpaired) electrons. The maximum Gasteiger partial charge on any atom is 0.332 e. The lowest BCUT2D eigenvalue weighted by atomic mass is 10.3. The van der Waals surface area contributed by atoms with Crippen molar-refractivity contribution in [2.75, 3.05) is 0 Å². The minimum atomic E-state index is -0.388. The van der Waals surface area contributed by atoms with Crippen LogP contribution in [0.3, 0.4) is 0 Å². The van der Waals surface area contributed by atoms with E-state index in [0.29, 0.717) is 16.9 Å². The molecule has 0 spiro atoms. The van der Waals surface area contributed by atoms with Gasteiger partial charge in [0.15, 0.2) is 0 Å². The number of H-pyrrole nitrogens is 1. The number of halogens is 1. The summed E-state index contributed by atoms with van der Waals surface area (Å²) >= 11 is 0. The molecule has 17 heavy (non-hydrogen) atoms. The Kier molecular flexibility index (Phi) is 2.04. The lowest BCUT2D eigenvalue weighted by Crippen LogP contribution is -2.15. The Morgan fingerprint density at radius 2 is 2.12 bits per heavy atom. The van der Waals surface area contributed by atoms with Gasteiger partial charge in [-0.25, -0.2) is 18.7 Å². The van der Waals surface area contributed by atoms with Gasteiger partial charge < -0.3 is 4.98 Å². The summed E-state index contributed by atoms with van der Waals surface area (Å²) in [5, 5.41) is 0. The molecule has 1 aromatic carbocycles. The van der Waals surface area contributed by atoms with E-state index >= 15 is 0 Å². The normalized spacial score (nSPS) is 10.9. The minimum Gasteiger partial charge on any atom is -0.305 e. The fourth-order valence-corrected chi connectivity index (χ4v) is 1.79. The minimum absolute atomic E-state index is 0.329. The Hall–Kier alpha value is -2.43. The summed E-state index contributed by atoms with van der Waals surface area (Å²) in [5.74, 6) is 0.0792. The Morgan fingerprint density at radius 1 is 1.24 bits per heavy atom. The van der Waals surface area contributed by atoms with E-state index in [1.165, 1.54) is 22.8 Å². The van der Waals surface area contributed by atoms with Crippen molar-refractivity contribution in [3.05, 3.63) is 58.9 Å². The van der Waals surface area contributed by atoms with Gasteiger partial charge in [0.05, 0.1) is 11.0 Å². The SMILES string of the molecule is O=c1[nH]c2ccc(F)cc2n1-c1ccccn1. The molecule has 0 aliphatic heterocycles. The molecule has 0 fully saturated rings. The van der Waals surface area contributed by atoms with Crippen LogP contribution in [0.5, 0.6) is 0 Å². The molecule has 0 aliphatic carbocycles. The summed E-state index contributed by atoms with van der Waals surface area (Å²) in [6.45, 7) is 0. The van der Waals surface area contributed by atoms with Crippen LogP contribution >= 0.6 is 0 Å². The predicted molar refractivity (Wildman–Crippen MR) is 61.6 cm³/mol. The molecule has 0 saturated carbocycles. The van der Waals surface area contributed by atoms with Crippen LogP contribution in [0, 0.1) is 5.82 Å². The number of nitrogens with one attached hydrogen (secondary N) is 1. The molecule has 0 bridgehead atoms. The van der Waals surface area contributed by atoms with Crippen LogP contribution in [0.2, 0.25) is 0 Å². The Bertz CT molecular complexity index is 730. The van der Waals surface area contributed by atoms with E-state index in [0.717, 1.165) is 0 Å². The average Bonchev–Trinajstić information content (AvgIpc) is 2.65. The number of imidazole rings is 1. The molecule has 0 saturated heterocycles. The van der Waals surface area contributed by atoms with Crippen LogP contribution < -0.4 is 5.69 Å². The van der Waals surface area contributed by atoms with Gasteiger partial charge in [-0.15, -0.1) is 0 Å². The van der Waals surface area contributed by atoms with Crippen LogP contribution in [0.4, 0.5) is 4.39 Å². The highest BCUT2D eigenvalue weighted by Gasteiger charge is 2.09. The van der Waals surface area contributed by atoms with Gasteiger partial charge in [0.1, 0.15) is 11.6 Å². The average molecular weight is 229 g/mol. The van der Waals surface area contributed by atoms with Gasteiger partial charge >= 0.3 is 5.69 Å². The molecule has 3 rings (SSSR count). The summed E-state index contributed by atoms with van der Waals surface area (Å²) in [4.78, 5) is 18.5. The zero-order valence-corrected chi connectivity index (χ0v) is 8.72. The van der Waals surface area contributed by atoms with Crippen molar-refractivity contribution in [2.24, 2.45) is 0 Å². The third-order valence-corrected chi connectivity index (χ3v) is 2.52. The first-order valence-corrected chi connectivity index (χ1v) is 5.07. The van der Waals surface area contributed by atoms with Crippen molar-refractivity contribution in [2.45, 2.75) is 0 Å². The smallest absolute Gasteiger partial charge is 0.305 e. The van der Waals surface area contributed by atoms with E-state index in [9.17, 15) is 9.18 Å². The molecule has 84 valence electrons. The van der Waals surface area contributed by atoms with E-state index in [-0.39, 0.29) is 11.5 Å². The van der Waals surface area contributed by atoms with Crippen molar-refractivity contribution in [3.8, 4) is 5.82 Å². The molecule has 0 atom stereocenters. The summed E-state index contributed by atoms with van der Waals surface area (Å²) in [7, 11) is 0. The molecule has 1 N–H and O–H groups in total. The molecule has 0 amide bonds. The standard InChI is InChI=1S/C12H8FN3O/c13-8-4-5-9-10(7-8)16(12(17)15-9)11-3-1-2-6-14-11/h1-7H,(H,15,17). The lowest BCUT2D eigenvalue weighted by Gasteiger charge is -2.01. The number of aromatic amines is 1. The first-order chi connectivity index (χ1) is 8.25. The number of benzene rings is 1. The van der Waals surface area contributed by atoms with Gasteiger partial charge in [-0.1, -0.05) is 6.07 Å². The second-order valence-electron chi connectivity index (χ2n) is 3.61. The lowest BCUT2D eigenvalue weighted by molar-refractivity contribution is 0.629. The van der Waals surface area contributed by atoms with Crippen LogP contribution in [0.15, 0.2) is 47.4 Å². The molecule has 2 heterocycles. The second kappa shape index (κ2) is 3.55. The highest BCUT2D eigenvalue weighted by Crippen LogP contribution is 2.14. The first-order valence-electron chi connectivity index (χ1n) is 5.07. The van der Waals surface area contributed by atoms with Crippen LogP contribution in [0.25, 0.3) is 16.9 Å². The van der Waals surface area contributed by atoms with Gasteiger partial charge in [-0.2, -0.15) is 0 Å². The van der Waals surface area contributed by atoms with E-state index < -0.39 is 0 Å². The highest BCUT2D eigenvalue weighted by atomic mass is 19.1. The molecular weight excluding hydrogens is 221 g/mol. The van der Waals surface area contributed by atoms with Gasteiger partial charge in [0.25, 0.3) is 0 Å². The topological polar surface area (TPSA) is 50.7 Å². The fraction of sp³-hybridized carbons (Fsp3) is 0. The van der Waals surface area contributed by atoms with Crippen molar-refractivity contribution >= 4 is 11.0 Å². The molecule has 5 heteroatoms. The Balaban J connectivity index is 2.40. The summed E-state index contributed by atoms with van der Waals surface area (Å²) in [5.41, 5.74) is 0.736. The fourth-order valence-electron chi connectivity index (χ4n) is 1.79. The zero-order valence-electron chi connectivity index (χ0n) is 8.72. The van der Waals surface area contributed by atoms with Crippen molar-refractivity contribution < 1.29 is 4.39 Å². The van der Waals surface area contributed by atoms with E-state index in [1.807, 2.05) is 0 Å². The third kappa shape index (κ3) is 1.52. The van der Waals surface area contributed by atoms with E-state index in [2.05, 4.69) is 9.97 Å². The number of nitrogens with zero attached hydrogens (tertiary/aromatic N) is 2.